The van der Waals surface area contributed by atoms with E-state index in [-0.39, 0.29) is 24.6 Å². The summed E-state index contributed by atoms with van der Waals surface area (Å²) < 4.78 is 6.23. The van der Waals surface area contributed by atoms with Crippen molar-refractivity contribution in [1.29, 1.82) is 0 Å². The summed E-state index contributed by atoms with van der Waals surface area (Å²) in [6.45, 7) is 4.71. The van der Waals surface area contributed by atoms with Gasteiger partial charge >= 0.3 is 5.97 Å². The van der Waals surface area contributed by atoms with E-state index in [1.165, 1.54) is 22.2 Å². The maximum atomic E-state index is 12.5. The standard InChI is InChI=1S/C16H19N3O4S/c1-10-11(2)24-15-14(10)16(22)19(9-17-15)7-13(21)23-8-12(20)18-5-3-4-6-18/h9H,3-8H2,1-2H3. The van der Waals surface area contributed by atoms with Crippen LogP contribution in [-0.4, -0.2) is 46.0 Å². The Bertz CT molecular complexity index is 849. The first-order valence-electron chi connectivity index (χ1n) is 7.86. The Hall–Kier alpha value is -2.22. The van der Waals surface area contributed by atoms with E-state index in [0.717, 1.165) is 23.3 Å². The summed E-state index contributed by atoms with van der Waals surface area (Å²) >= 11 is 1.46. The van der Waals surface area contributed by atoms with Crippen LogP contribution in [0.4, 0.5) is 0 Å². The Balaban J connectivity index is 1.67. The maximum absolute atomic E-state index is 12.5. The fourth-order valence-corrected chi connectivity index (χ4v) is 3.75. The van der Waals surface area contributed by atoms with Crippen molar-refractivity contribution in [2.45, 2.75) is 33.2 Å². The molecule has 1 amide bonds. The molecule has 128 valence electrons. The van der Waals surface area contributed by atoms with E-state index in [1.807, 2.05) is 13.8 Å². The van der Waals surface area contributed by atoms with Gasteiger partial charge in [0.15, 0.2) is 6.61 Å². The van der Waals surface area contributed by atoms with E-state index in [0.29, 0.717) is 23.3 Å². The number of likely N-dealkylation sites (tertiary alicyclic amines) is 1. The van der Waals surface area contributed by atoms with Gasteiger partial charge in [-0.25, -0.2) is 4.98 Å². The van der Waals surface area contributed by atoms with Crippen molar-refractivity contribution < 1.29 is 14.3 Å². The number of thiophene rings is 1. The summed E-state index contributed by atoms with van der Waals surface area (Å²) in [5.74, 6) is -0.804. The number of amides is 1. The third-order valence-electron chi connectivity index (χ3n) is 4.27. The molecule has 0 bridgehead atoms. The van der Waals surface area contributed by atoms with Crippen LogP contribution < -0.4 is 5.56 Å². The van der Waals surface area contributed by atoms with Crippen LogP contribution in [-0.2, 0) is 20.9 Å². The minimum absolute atomic E-state index is 0.189. The number of carbonyl (C=O) groups excluding carboxylic acids is 2. The highest BCUT2D eigenvalue weighted by Crippen LogP contribution is 2.25. The topological polar surface area (TPSA) is 81.5 Å². The van der Waals surface area contributed by atoms with Crippen molar-refractivity contribution in [3.8, 4) is 0 Å². The Labute approximate surface area is 142 Å². The minimum atomic E-state index is -0.615. The Kier molecular flexibility index (Phi) is 4.66. The lowest BCUT2D eigenvalue weighted by atomic mass is 10.2. The van der Waals surface area contributed by atoms with Gasteiger partial charge in [-0.1, -0.05) is 0 Å². The van der Waals surface area contributed by atoms with Crippen LogP contribution in [0.3, 0.4) is 0 Å². The Morgan fingerprint density at radius 3 is 2.71 bits per heavy atom. The number of rotatable bonds is 4. The molecule has 1 aliphatic heterocycles. The van der Waals surface area contributed by atoms with Crippen molar-refractivity contribution in [2.75, 3.05) is 19.7 Å². The maximum Gasteiger partial charge on any atom is 0.326 e. The molecule has 1 saturated heterocycles. The summed E-state index contributed by atoms with van der Waals surface area (Å²) in [4.78, 5) is 43.9. The highest BCUT2D eigenvalue weighted by molar-refractivity contribution is 7.18. The SMILES string of the molecule is Cc1sc2ncn(CC(=O)OCC(=O)N3CCCC3)c(=O)c2c1C. The van der Waals surface area contributed by atoms with E-state index in [1.54, 1.807) is 4.90 Å². The molecular formula is C16H19N3O4S. The third-order valence-corrected chi connectivity index (χ3v) is 5.39. The second kappa shape index (κ2) is 6.72. The molecule has 24 heavy (non-hydrogen) atoms. The van der Waals surface area contributed by atoms with Gasteiger partial charge in [0.25, 0.3) is 11.5 Å². The molecule has 0 saturated carbocycles. The van der Waals surface area contributed by atoms with Crippen LogP contribution in [0.15, 0.2) is 11.1 Å². The average molecular weight is 349 g/mol. The van der Waals surface area contributed by atoms with Crippen molar-refractivity contribution in [2.24, 2.45) is 0 Å². The first kappa shape index (κ1) is 16.6. The van der Waals surface area contributed by atoms with Crippen LogP contribution in [0.25, 0.3) is 10.2 Å². The number of esters is 1. The van der Waals surface area contributed by atoms with Crippen molar-refractivity contribution in [3.63, 3.8) is 0 Å². The number of carbonyl (C=O) groups is 2. The number of hydrogen-bond donors (Lipinski definition) is 0. The van der Waals surface area contributed by atoms with Gasteiger partial charge in [-0.15, -0.1) is 11.3 Å². The van der Waals surface area contributed by atoms with Gasteiger partial charge < -0.3 is 9.64 Å². The molecule has 1 aliphatic rings. The predicted octanol–water partition coefficient (Wildman–Crippen LogP) is 1.24. The summed E-state index contributed by atoms with van der Waals surface area (Å²) in [6, 6.07) is 0. The van der Waals surface area contributed by atoms with E-state index in [4.69, 9.17) is 4.74 Å². The molecule has 2 aromatic heterocycles. The van der Waals surface area contributed by atoms with Crippen LogP contribution in [0.5, 0.6) is 0 Å². The molecule has 0 aromatic carbocycles. The third kappa shape index (κ3) is 3.19. The van der Waals surface area contributed by atoms with Crippen molar-refractivity contribution in [3.05, 3.63) is 27.1 Å². The van der Waals surface area contributed by atoms with Crippen LogP contribution >= 0.6 is 11.3 Å². The van der Waals surface area contributed by atoms with E-state index >= 15 is 0 Å². The van der Waals surface area contributed by atoms with Gasteiger partial charge in [0.1, 0.15) is 11.4 Å². The van der Waals surface area contributed by atoms with E-state index in [9.17, 15) is 14.4 Å². The highest BCUT2D eigenvalue weighted by atomic mass is 32.1. The van der Waals surface area contributed by atoms with Gasteiger partial charge in [-0.2, -0.15) is 0 Å². The first-order chi connectivity index (χ1) is 11.5. The van der Waals surface area contributed by atoms with Crippen LogP contribution in [0, 0.1) is 13.8 Å². The summed E-state index contributed by atoms with van der Waals surface area (Å²) in [7, 11) is 0. The number of nitrogens with zero attached hydrogens (tertiary/aromatic N) is 3. The lowest BCUT2D eigenvalue weighted by Gasteiger charge is -2.15. The zero-order chi connectivity index (χ0) is 17.3. The Morgan fingerprint density at radius 1 is 1.29 bits per heavy atom. The smallest absolute Gasteiger partial charge is 0.326 e. The minimum Gasteiger partial charge on any atom is -0.454 e. The van der Waals surface area contributed by atoms with Gasteiger partial charge in [-0.3, -0.25) is 19.0 Å². The number of aryl methyl sites for hydroxylation is 2. The normalized spacial score (nSPS) is 14.3. The average Bonchev–Trinajstić information content (AvgIpc) is 3.18. The summed E-state index contributed by atoms with van der Waals surface area (Å²) in [6.07, 6.45) is 3.32. The molecule has 0 unspecified atom stereocenters. The monoisotopic (exact) mass is 349 g/mol. The molecule has 2 aromatic rings. The zero-order valence-corrected chi connectivity index (χ0v) is 14.5. The van der Waals surface area contributed by atoms with Gasteiger partial charge in [0.2, 0.25) is 0 Å². The fraction of sp³-hybridized carbons (Fsp3) is 0.500. The van der Waals surface area contributed by atoms with Crippen LogP contribution in [0.2, 0.25) is 0 Å². The molecule has 0 spiro atoms. The molecule has 7 nitrogen and oxygen atoms in total. The molecule has 1 fully saturated rings. The number of hydrogen-bond acceptors (Lipinski definition) is 6. The fourth-order valence-electron chi connectivity index (χ4n) is 2.77. The molecule has 0 aliphatic carbocycles. The molecular weight excluding hydrogens is 330 g/mol. The summed E-state index contributed by atoms with van der Waals surface area (Å²) in [5.41, 5.74) is 0.629. The van der Waals surface area contributed by atoms with Gasteiger partial charge in [0, 0.05) is 18.0 Å². The molecule has 8 heteroatoms. The number of aromatic nitrogens is 2. The van der Waals surface area contributed by atoms with Crippen molar-refractivity contribution in [1.82, 2.24) is 14.5 Å². The van der Waals surface area contributed by atoms with Crippen LogP contribution in [0.1, 0.15) is 23.3 Å². The molecule has 3 heterocycles. The second-order valence-electron chi connectivity index (χ2n) is 5.89. The second-order valence-corrected chi connectivity index (χ2v) is 7.09. The van der Waals surface area contributed by atoms with Gasteiger partial charge in [0.05, 0.1) is 11.7 Å². The van der Waals surface area contributed by atoms with E-state index < -0.39 is 5.97 Å². The largest absolute Gasteiger partial charge is 0.454 e. The molecule has 0 radical (unpaired) electrons. The molecule has 0 atom stereocenters. The number of ether oxygens (including phenoxy) is 1. The quantitative estimate of drug-likeness (QED) is 0.776. The lowest BCUT2D eigenvalue weighted by molar-refractivity contribution is -0.152. The number of fused-ring (bicyclic) bond motifs is 1. The lowest BCUT2D eigenvalue weighted by Crippen LogP contribution is -2.33. The molecule has 0 N–H and O–H groups in total. The van der Waals surface area contributed by atoms with Crippen molar-refractivity contribution >= 4 is 33.4 Å². The zero-order valence-electron chi connectivity index (χ0n) is 13.7. The van der Waals surface area contributed by atoms with Gasteiger partial charge in [-0.05, 0) is 32.3 Å². The Morgan fingerprint density at radius 2 is 2.00 bits per heavy atom. The van der Waals surface area contributed by atoms with E-state index in [2.05, 4.69) is 4.98 Å². The predicted molar refractivity (Wildman–Crippen MR) is 90.1 cm³/mol. The summed E-state index contributed by atoms with van der Waals surface area (Å²) in [5, 5.41) is 0.543. The highest BCUT2D eigenvalue weighted by Gasteiger charge is 2.20. The first-order valence-corrected chi connectivity index (χ1v) is 8.67. The molecule has 3 rings (SSSR count).